The van der Waals surface area contributed by atoms with Gasteiger partial charge in [-0.25, -0.2) is 0 Å². The van der Waals surface area contributed by atoms with E-state index in [4.69, 9.17) is 14.2 Å². The number of carbonyl (C=O) groups is 2. The average Bonchev–Trinajstić information content (AvgIpc) is 3.03. The molecule has 4 rings (SSSR count). The zero-order chi connectivity index (χ0) is 19.8. The Kier molecular flexibility index (Phi) is 5.21. The molecule has 6 heteroatoms. The van der Waals surface area contributed by atoms with Crippen LogP contribution in [0.3, 0.4) is 0 Å². The summed E-state index contributed by atoms with van der Waals surface area (Å²) in [6.45, 7) is 0.753. The van der Waals surface area contributed by atoms with Gasteiger partial charge in [0.2, 0.25) is 5.91 Å². The minimum atomic E-state index is -0.188. The van der Waals surface area contributed by atoms with E-state index in [2.05, 4.69) is 17.0 Å². The first-order chi connectivity index (χ1) is 13.6. The van der Waals surface area contributed by atoms with Gasteiger partial charge in [0.1, 0.15) is 0 Å². The molecule has 1 aromatic carbocycles. The fourth-order valence-electron chi connectivity index (χ4n) is 5.67. The van der Waals surface area contributed by atoms with E-state index in [1.165, 1.54) is 18.2 Å². The minimum absolute atomic E-state index is 0.0162. The van der Waals surface area contributed by atoms with E-state index in [1.807, 2.05) is 0 Å². The van der Waals surface area contributed by atoms with E-state index in [0.29, 0.717) is 12.3 Å². The molecular formula is C22H29NO5. The van der Waals surface area contributed by atoms with Crippen molar-refractivity contribution < 1.29 is 23.8 Å². The van der Waals surface area contributed by atoms with Crippen molar-refractivity contribution in [3.05, 3.63) is 23.3 Å². The number of ether oxygens (including phenoxy) is 3. The van der Waals surface area contributed by atoms with Crippen LogP contribution in [0.2, 0.25) is 0 Å². The largest absolute Gasteiger partial charge is 0.493 e. The molecule has 6 nitrogen and oxygen atoms in total. The molecule has 152 valence electrons. The lowest BCUT2D eigenvalue weighted by Crippen LogP contribution is -2.36. The molecule has 28 heavy (non-hydrogen) atoms. The topological polar surface area (TPSA) is 65.1 Å². The number of hydrogen-bond acceptors (Lipinski definition) is 5. The molecule has 3 aliphatic rings. The molecule has 0 radical (unpaired) electrons. The second-order valence-electron chi connectivity index (χ2n) is 8.13. The molecule has 1 saturated carbocycles. The number of hydrogen-bond donors (Lipinski definition) is 0. The smallest absolute Gasteiger partial charge is 0.305 e. The van der Waals surface area contributed by atoms with E-state index >= 15 is 0 Å². The molecular weight excluding hydrogens is 358 g/mol. The zero-order valence-electron chi connectivity index (χ0n) is 16.9. The maximum atomic E-state index is 13.3. The van der Waals surface area contributed by atoms with Crippen molar-refractivity contribution >= 4 is 11.9 Å². The normalized spacial score (nSPS) is 28.2. The van der Waals surface area contributed by atoms with Crippen LogP contribution in [0, 0.1) is 17.8 Å². The van der Waals surface area contributed by atoms with Gasteiger partial charge >= 0.3 is 5.97 Å². The van der Waals surface area contributed by atoms with Crippen LogP contribution in [0.5, 0.6) is 11.5 Å². The molecule has 4 atom stereocenters. The van der Waals surface area contributed by atoms with Crippen LogP contribution in [0.1, 0.15) is 49.3 Å². The maximum Gasteiger partial charge on any atom is 0.305 e. The van der Waals surface area contributed by atoms with Crippen LogP contribution in [-0.2, 0) is 20.7 Å². The van der Waals surface area contributed by atoms with Gasteiger partial charge in [-0.15, -0.1) is 0 Å². The Morgan fingerprint density at radius 3 is 2.61 bits per heavy atom. The third-order valence-electron chi connectivity index (χ3n) is 6.92. The first-order valence-corrected chi connectivity index (χ1v) is 10.2. The van der Waals surface area contributed by atoms with Gasteiger partial charge in [0.25, 0.3) is 0 Å². The number of carbonyl (C=O) groups excluding carboxylic acids is 2. The van der Waals surface area contributed by atoms with Gasteiger partial charge < -0.3 is 19.1 Å². The highest BCUT2D eigenvalue weighted by Gasteiger charge is 2.54. The number of fused-ring (bicyclic) bond motifs is 5. The highest BCUT2D eigenvalue weighted by molar-refractivity contribution is 5.83. The second-order valence-corrected chi connectivity index (χ2v) is 8.13. The molecule has 0 unspecified atom stereocenters. The Labute approximate surface area is 166 Å². The van der Waals surface area contributed by atoms with E-state index in [1.54, 1.807) is 14.2 Å². The van der Waals surface area contributed by atoms with Crippen molar-refractivity contribution in [3.63, 3.8) is 0 Å². The van der Waals surface area contributed by atoms with Gasteiger partial charge in [-0.1, -0.05) is 6.42 Å². The van der Waals surface area contributed by atoms with E-state index in [9.17, 15) is 9.59 Å². The third-order valence-corrected chi connectivity index (χ3v) is 6.92. The minimum Gasteiger partial charge on any atom is -0.493 e. The van der Waals surface area contributed by atoms with Crippen LogP contribution in [0.4, 0.5) is 0 Å². The Balaban J connectivity index is 1.65. The van der Waals surface area contributed by atoms with Crippen molar-refractivity contribution in [2.75, 3.05) is 27.9 Å². The Morgan fingerprint density at radius 1 is 1.14 bits per heavy atom. The standard InChI is InChI=1S/C22H29NO5/c1-26-17-11-14-9-10-23-21(16(14)12-18(17)27-2)15-6-4-5-13(20(15)22(23)25)7-8-19(24)28-3/h11-13,15,20-21H,4-10H2,1-3H3/t13-,15-,20+,21-/m1/s1. The van der Waals surface area contributed by atoms with Crippen molar-refractivity contribution in [2.24, 2.45) is 17.8 Å². The number of rotatable bonds is 5. The fourth-order valence-corrected chi connectivity index (χ4v) is 5.67. The molecule has 0 aromatic heterocycles. The van der Waals surface area contributed by atoms with Crippen LogP contribution in [-0.4, -0.2) is 44.7 Å². The van der Waals surface area contributed by atoms with Crippen molar-refractivity contribution in [1.82, 2.24) is 4.90 Å². The van der Waals surface area contributed by atoms with E-state index in [0.717, 1.165) is 50.1 Å². The van der Waals surface area contributed by atoms with Gasteiger partial charge in [-0.2, -0.15) is 0 Å². The highest BCUT2D eigenvalue weighted by Crippen LogP contribution is 2.54. The van der Waals surface area contributed by atoms with Crippen molar-refractivity contribution in [1.29, 1.82) is 0 Å². The molecule has 0 spiro atoms. The molecule has 1 saturated heterocycles. The summed E-state index contributed by atoms with van der Waals surface area (Å²) in [6.07, 6.45) is 5.14. The summed E-state index contributed by atoms with van der Waals surface area (Å²) in [7, 11) is 4.73. The van der Waals surface area contributed by atoms with Gasteiger partial charge in [-0.3, -0.25) is 9.59 Å². The summed E-state index contributed by atoms with van der Waals surface area (Å²) in [5.74, 6) is 2.13. The molecule has 0 N–H and O–H groups in total. The predicted octanol–water partition coefficient (Wildman–Crippen LogP) is 3.13. The maximum absolute atomic E-state index is 13.3. The molecule has 1 amide bonds. The van der Waals surface area contributed by atoms with Crippen LogP contribution < -0.4 is 9.47 Å². The first-order valence-electron chi connectivity index (χ1n) is 10.2. The summed E-state index contributed by atoms with van der Waals surface area (Å²) < 4.78 is 15.8. The number of esters is 1. The second kappa shape index (κ2) is 7.64. The zero-order valence-corrected chi connectivity index (χ0v) is 16.9. The summed E-state index contributed by atoms with van der Waals surface area (Å²) in [5.41, 5.74) is 2.46. The van der Waals surface area contributed by atoms with Gasteiger partial charge in [-0.05, 0) is 60.8 Å². The van der Waals surface area contributed by atoms with Crippen LogP contribution in [0.15, 0.2) is 12.1 Å². The average molecular weight is 387 g/mol. The Bertz CT molecular complexity index is 776. The van der Waals surface area contributed by atoms with Gasteiger partial charge in [0, 0.05) is 18.9 Å². The summed E-state index contributed by atoms with van der Waals surface area (Å²) >= 11 is 0. The molecule has 2 aliphatic heterocycles. The first kappa shape index (κ1) is 19.1. The Morgan fingerprint density at radius 2 is 1.89 bits per heavy atom. The molecule has 2 fully saturated rings. The summed E-state index contributed by atoms with van der Waals surface area (Å²) in [4.78, 5) is 27.1. The quantitative estimate of drug-likeness (QED) is 0.727. The van der Waals surface area contributed by atoms with Gasteiger partial charge in [0.05, 0.1) is 27.4 Å². The monoisotopic (exact) mass is 387 g/mol. The van der Waals surface area contributed by atoms with Crippen LogP contribution in [0.25, 0.3) is 0 Å². The Hall–Kier alpha value is -2.24. The number of benzene rings is 1. The lowest BCUT2D eigenvalue weighted by molar-refractivity contribution is -0.142. The SMILES string of the molecule is COC(=O)CC[C@H]1CCC[C@@H]2[C@H]1C(=O)N1CCc3cc(OC)c(OC)cc3[C@@H]21. The van der Waals surface area contributed by atoms with E-state index < -0.39 is 0 Å². The highest BCUT2D eigenvalue weighted by atomic mass is 16.5. The predicted molar refractivity (Wildman–Crippen MR) is 103 cm³/mol. The van der Waals surface area contributed by atoms with E-state index in [-0.39, 0.29) is 29.8 Å². The lowest BCUT2D eigenvalue weighted by atomic mass is 9.68. The summed E-state index contributed by atoms with van der Waals surface area (Å²) in [5, 5.41) is 0. The van der Waals surface area contributed by atoms with Crippen molar-refractivity contribution in [3.8, 4) is 11.5 Å². The third kappa shape index (κ3) is 3.03. The molecule has 2 heterocycles. The molecule has 1 aromatic rings. The molecule has 0 bridgehead atoms. The number of amides is 1. The summed E-state index contributed by atoms with van der Waals surface area (Å²) in [6, 6.07) is 4.25. The van der Waals surface area contributed by atoms with Crippen LogP contribution >= 0.6 is 0 Å². The lowest BCUT2D eigenvalue weighted by Gasteiger charge is -2.37. The number of methoxy groups -OCH3 is 3. The van der Waals surface area contributed by atoms with Crippen molar-refractivity contribution in [2.45, 2.75) is 44.6 Å². The number of nitrogens with zero attached hydrogens (tertiary/aromatic N) is 1. The fraction of sp³-hybridized carbons (Fsp3) is 0.636. The van der Waals surface area contributed by atoms with Gasteiger partial charge in [0.15, 0.2) is 11.5 Å². The molecule has 1 aliphatic carbocycles.